The number of pyridine rings is 1. The number of amides is 1. The molecule has 3 rings (SSSR count). The number of carboxylic acids is 1. The molecule has 38 heavy (non-hydrogen) atoms. The summed E-state index contributed by atoms with van der Waals surface area (Å²) in [5.41, 5.74) is 6.46. The van der Waals surface area contributed by atoms with Crippen molar-refractivity contribution in [3.63, 3.8) is 0 Å². The van der Waals surface area contributed by atoms with Gasteiger partial charge in [0.25, 0.3) is 5.56 Å². The van der Waals surface area contributed by atoms with Gasteiger partial charge in [0.1, 0.15) is 17.2 Å². The maximum atomic E-state index is 14.5. The van der Waals surface area contributed by atoms with E-state index in [0.29, 0.717) is 11.2 Å². The number of aliphatic hydroxyl groups is 2. The van der Waals surface area contributed by atoms with Crippen LogP contribution in [0.15, 0.2) is 64.1 Å². The maximum Gasteiger partial charge on any atom is 0.305 e. The predicted molar refractivity (Wildman–Crippen MR) is 141 cm³/mol. The van der Waals surface area contributed by atoms with Gasteiger partial charge in [-0.2, -0.15) is 0 Å². The number of halogens is 1. The van der Waals surface area contributed by atoms with Crippen LogP contribution >= 0.6 is 0 Å². The van der Waals surface area contributed by atoms with Crippen LogP contribution in [0.1, 0.15) is 24.8 Å². The van der Waals surface area contributed by atoms with Crippen molar-refractivity contribution >= 4 is 34.3 Å². The number of carboxylic acid groups (broad SMARTS) is 1. The molecule has 3 unspecified atom stereocenters. The summed E-state index contributed by atoms with van der Waals surface area (Å²) >= 11 is 0. The summed E-state index contributed by atoms with van der Waals surface area (Å²) in [5, 5.41) is 33.9. The van der Waals surface area contributed by atoms with Crippen LogP contribution in [0.3, 0.4) is 0 Å². The predicted octanol–water partition coefficient (Wildman–Crippen LogP) is 1.13. The highest BCUT2D eigenvalue weighted by Crippen LogP contribution is 2.26. The molecule has 1 amide bonds. The van der Waals surface area contributed by atoms with Crippen LogP contribution in [0.2, 0.25) is 0 Å². The Morgan fingerprint density at radius 1 is 1.24 bits per heavy atom. The van der Waals surface area contributed by atoms with Crippen molar-refractivity contribution in [3.8, 4) is 0 Å². The fourth-order valence-electron chi connectivity index (χ4n) is 4.04. The first-order valence-corrected chi connectivity index (χ1v) is 11.9. The number of aliphatic hydroxyl groups excluding tert-OH is 2. The van der Waals surface area contributed by atoms with Gasteiger partial charge in [-0.3, -0.25) is 14.4 Å². The molecule has 1 heterocycles. The average molecular weight is 528 g/mol. The normalized spacial score (nSPS) is 17.0. The third-order valence-electron chi connectivity index (χ3n) is 5.84. The largest absolute Gasteiger partial charge is 0.481 e. The zero-order valence-corrected chi connectivity index (χ0v) is 20.6. The van der Waals surface area contributed by atoms with E-state index in [1.165, 1.54) is 12.1 Å². The van der Waals surface area contributed by atoms with E-state index in [-0.39, 0.29) is 47.8 Å². The molecule has 0 aliphatic heterocycles. The third-order valence-corrected chi connectivity index (χ3v) is 5.84. The van der Waals surface area contributed by atoms with Gasteiger partial charge in [0, 0.05) is 13.6 Å². The van der Waals surface area contributed by atoms with Gasteiger partial charge in [-0.15, -0.1) is 0 Å². The van der Waals surface area contributed by atoms with Gasteiger partial charge in [0.15, 0.2) is 0 Å². The molecule has 0 saturated heterocycles. The number of aromatic nitrogens is 1. The number of carbonyl (C=O) groups excluding carboxylic acids is 1. The first-order valence-electron chi connectivity index (χ1n) is 11.9. The first-order chi connectivity index (χ1) is 18.1. The number of rotatable bonds is 11. The molecule has 3 atom stereocenters. The Morgan fingerprint density at radius 2 is 2.00 bits per heavy atom. The van der Waals surface area contributed by atoms with Crippen LogP contribution in [0.5, 0.6) is 0 Å². The smallest absolute Gasteiger partial charge is 0.305 e. The second-order valence-corrected chi connectivity index (χ2v) is 8.70. The van der Waals surface area contributed by atoms with Crippen LogP contribution in [-0.4, -0.2) is 63.8 Å². The number of fused-ring (bicyclic) bond motifs is 1. The van der Waals surface area contributed by atoms with Crippen molar-refractivity contribution in [1.29, 1.82) is 0 Å². The number of allylic oxidation sites excluding steroid dienone is 3. The molecule has 1 aromatic carbocycles. The summed E-state index contributed by atoms with van der Waals surface area (Å²) in [4.78, 5) is 42.8. The molecule has 0 bridgehead atoms. The molecule has 12 heteroatoms. The van der Waals surface area contributed by atoms with Crippen molar-refractivity contribution in [3.05, 3.63) is 76.0 Å². The maximum absolute atomic E-state index is 14.5. The Balaban J connectivity index is 1.67. The number of aliphatic imine (C=N–C) groups is 1. The van der Waals surface area contributed by atoms with E-state index in [4.69, 9.17) is 10.8 Å². The molecular formula is C26H30FN5O6. The zero-order chi connectivity index (χ0) is 27.8. The Labute approximate surface area is 217 Å². The Morgan fingerprint density at radius 3 is 2.71 bits per heavy atom. The van der Waals surface area contributed by atoms with E-state index >= 15 is 0 Å². The minimum absolute atomic E-state index is 0.0195. The van der Waals surface area contributed by atoms with Gasteiger partial charge in [-0.25, -0.2) is 9.38 Å². The Hall–Kier alpha value is -4.29. The van der Waals surface area contributed by atoms with E-state index in [2.05, 4.69) is 20.6 Å². The van der Waals surface area contributed by atoms with E-state index in [1.54, 1.807) is 43.5 Å². The first kappa shape index (κ1) is 28.3. The summed E-state index contributed by atoms with van der Waals surface area (Å²) in [6, 6.07) is 4.34. The molecule has 1 aliphatic rings. The molecule has 0 spiro atoms. The number of anilines is 1. The van der Waals surface area contributed by atoms with Crippen LogP contribution in [-0.2, 0) is 9.59 Å². The van der Waals surface area contributed by atoms with Crippen molar-refractivity contribution < 1.29 is 29.3 Å². The van der Waals surface area contributed by atoms with Crippen LogP contribution in [0, 0.1) is 11.7 Å². The highest BCUT2D eigenvalue weighted by atomic mass is 19.1. The third kappa shape index (κ3) is 7.14. The number of nitrogens with zero attached hydrogens (tertiary/aromatic N) is 1. The monoisotopic (exact) mass is 527 g/mol. The van der Waals surface area contributed by atoms with E-state index < -0.39 is 41.9 Å². The van der Waals surface area contributed by atoms with Gasteiger partial charge in [0.05, 0.1) is 46.8 Å². The number of aromatic amines is 1. The summed E-state index contributed by atoms with van der Waals surface area (Å²) in [7, 11) is 1.55. The van der Waals surface area contributed by atoms with E-state index in [1.807, 2.05) is 0 Å². The molecule has 202 valence electrons. The molecule has 8 N–H and O–H groups in total. The number of carbonyl (C=O) groups is 2. The number of nitrogens with one attached hydrogen (secondary N) is 3. The number of aliphatic carboxylic acids is 1. The fraction of sp³-hybridized carbons (Fsp3) is 0.308. The standard InChI is InChI=1S/C26H30FN5O6/c1-29-23-21-18(27)6-3-7-19(21)32-26(38)22(23)24(28)31-15-5-2-4-14(8-9-15)25(37)30-11-10-16(33)12-17(34)13-20(35)36/h2-9,14,16-17,33-34H,10-13H2,1H3,(H2,28,31)(H,30,37)(H,35,36)(H2,29,32,38). The molecule has 1 aromatic heterocycles. The lowest BCUT2D eigenvalue weighted by atomic mass is 10.1. The molecular weight excluding hydrogens is 497 g/mol. The molecule has 0 saturated carbocycles. The number of hydrogen-bond donors (Lipinski definition) is 7. The topological polar surface area (TPSA) is 190 Å². The second kappa shape index (κ2) is 12.8. The van der Waals surface area contributed by atoms with Crippen molar-refractivity contribution in [2.24, 2.45) is 16.6 Å². The molecule has 0 fully saturated rings. The van der Waals surface area contributed by atoms with Gasteiger partial charge >= 0.3 is 5.97 Å². The number of benzene rings is 1. The van der Waals surface area contributed by atoms with Crippen LogP contribution in [0.4, 0.5) is 10.1 Å². The van der Waals surface area contributed by atoms with Crippen molar-refractivity contribution in [2.45, 2.75) is 31.5 Å². The lowest BCUT2D eigenvalue weighted by molar-refractivity contribution is -0.139. The summed E-state index contributed by atoms with van der Waals surface area (Å²) < 4.78 is 14.5. The SMILES string of the molecule is CNc1c(C(N)=NC2=CC=CC(C(=O)NCCC(O)CC(O)CC(=O)O)C=C2)c(=O)[nH]c2cccc(F)c12. The average Bonchev–Trinajstić information content (AvgIpc) is 3.08. The van der Waals surface area contributed by atoms with Gasteiger partial charge in [0.2, 0.25) is 5.91 Å². The lowest BCUT2D eigenvalue weighted by Gasteiger charge is -2.15. The van der Waals surface area contributed by atoms with Gasteiger partial charge < -0.3 is 36.7 Å². The summed E-state index contributed by atoms with van der Waals surface area (Å²) in [6.45, 7) is 0.122. The van der Waals surface area contributed by atoms with Gasteiger partial charge in [-0.1, -0.05) is 24.3 Å². The number of hydrogen-bond acceptors (Lipinski definition) is 7. The molecule has 0 radical (unpaired) electrons. The Kier molecular flexibility index (Phi) is 9.52. The van der Waals surface area contributed by atoms with Crippen LogP contribution in [0.25, 0.3) is 10.9 Å². The summed E-state index contributed by atoms with van der Waals surface area (Å²) in [5.74, 6) is -2.84. The zero-order valence-electron chi connectivity index (χ0n) is 20.6. The highest BCUT2D eigenvalue weighted by molar-refractivity contribution is 6.09. The van der Waals surface area contributed by atoms with Crippen LogP contribution < -0.4 is 21.9 Å². The quantitative estimate of drug-likeness (QED) is 0.167. The summed E-state index contributed by atoms with van der Waals surface area (Å²) in [6.07, 6.45) is 5.39. The van der Waals surface area contributed by atoms with Crippen molar-refractivity contribution in [2.75, 3.05) is 18.9 Å². The van der Waals surface area contributed by atoms with Crippen molar-refractivity contribution in [1.82, 2.24) is 10.3 Å². The number of nitrogens with two attached hydrogens (primary N) is 1. The number of H-pyrrole nitrogens is 1. The second-order valence-electron chi connectivity index (χ2n) is 8.70. The minimum Gasteiger partial charge on any atom is -0.481 e. The minimum atomic E-state index is -1.17. The fourth-order valence-corrected chi connectivity index (χ4v) is 4.04. The van der Waals surface area contributed by atoms with E-state index in [9.17, 15) is 29.0 Å². The highest BCUT2D eigenvalue weighted by Gasteiger charge is 2.19. The Bertz CT molecular complexity index is 1380. The number of amidine groups is 1. The molecule has 2 aromatic rings. The molecule has 1 aliphatic carbocycles. The van der Waals surface area contributed by atoms with Gasteiger partial charge in [-0.05, 0) is 37.1 Å². The molecule has 11 nitrogen and oxygen atoms in total. The lowest BCUT2D eigenvalue weighted by Crippen LogP contribution is -2.32. The van der Waals surface area contributed by atoms with E-state index in [0.717, 1.165) is 0 Å².